The minimum Gasteiger partial charge on any atom is -0.385 e. The van der Waals surface area contributed by atoms with Crippen molar-refractivity contribution in [2.45, 2.75) is 19.8 Å². The van der Waals surface area contributed by atoms with Gasteiger partial charge in [-0.15, -0.1) is 0 Å². The largest absolute Gasteiger partial charge is 0.385 e. The Labute approximate surface area is 90.9 Å². The van der Waals surface area contributed by atoms with Crippen LogP contribution in [0.2, 0.25) is 0 Å². The predicted octanol–water partition coefficient (Wildman–Crippen LogP) is 3.02. The van der Waals surface area contributed by atoms with Crippen LogP contribution in [-0.4, -0.2) is 6.54 Å². The maximum absolute atomic E-state index is 8.66. The lowest BCUT2D eigenvalue weighted by Crippen LogP contribution is -2.12. The molecule has 2 nitrogen and oxygen atoms in total. The fourth-order valence-corrected chi connectivity index (χ4v) is 1.77. The van der Waals surface area contributed by atoms with Gasteiger partial charge in [-0.2, -0.15) is 5.26 Å². The molecule has 0 heterocycles. The van der Waals surface area contributed by atoms with Crippen molar-refractivity contribution in [3.8, 4) is 6.07 Å². The van der Waals surface area contributed by atoms with Crippen LogP contribution in [-0.2, 0) is 0 Å². The lowest BCUT2D eigenvalue weighted by atomic mass is 10.1. The molecule has 1 aliphatic carbocycles. The van der Waals surface area contributed by atoms with E-state index < -0.39 is 0 Å². The molecule has 1 aliphatic rings. The summed E-state index contributed by atoms with van der Waals surface area (Å²) in [6.07, 6.45) is 2.80. The molecule has 0 radical (unpaired) electrons. The van der Waals surface area contributed by atoms with Gasteiger partial charge in [0.1, 0.15) is 0 Å². The van der Waals surface area contributed by atoms with Crippen LogP contribution >= 0.6 is 0 Å². The van der Waals surface area contributed by atoms with Gasteiger partial charge in [-0.3, -0.25) is 0 Å². The van der Waals surface area contributed by atoms with Gasteiger partial charge in [0.2, 0.25) is 0 Å². The smallest absolute Gasteiger partial charge is 0.0991 e. The third-order valence-electron chi connectivity index (χ3n) is 3.07. The molecular weight excluding hydrogens is 184 g/mol. The molecule has 1 atom stereocenters. The maximum Gasteiger partial charge on any atom is 0.0991 e. The first-order valence-electron chi connectivity index (χ1n) is 5.53. The molecule has 0 aliphatic heterocycles. The van der Waals surface area contributed by atoms with Gasteiger partial charge in [0.05, 0.1) is 11.6 Å². The highest BCUT2D eigenvalue weighted by atomic mass is 14.9. The van der Waals surface area contributed by atoms with Gasteiger partial charge in [-0.05, 0) is 48.9 Å². The summed E-state index contributed by atoms with van der Waals surface area (Å²) in [6.45, 7) is 3.34. The van der Waals surface area contributed by atoms with Crippen molar-refractivity contribution in [3.05, 3.63) is 29.8 Å². The second-order valence-corrected chi connectivity index (χ2v) is 4.38. The molecule has 0 saturated heterocycles. The van der Waals surface area contributed by atoms with Crippen LogP contribution in [0.25, 0.3) is 0 Å². The summed E-state index contributed by atoms with van der Waals surface area (Å²) in [5.74, 6) is 1.71. The van der Waals surface area contributed by atoms with E-state index in [1.165, 1.54) is 12.8 Å². The highest BCUT2D eigenvalue weighted by Gasteiger charge is 2.27. The van der Waals surface area contributed by atoms with Crippen molar-refractivity contribution in [1.29, 1.82) is 5.26 Å². The van der Waals surface area contributed by atoms with Gasteiger partial charge in [0.25, 0.3) is 0 Å². The standard InChI is InChI=1S/C13H16N2/c1-10(12-4-5-12)9-15-13-6-2-11(8-14)3-7-13/h2-3,6-7,10,12,15H,4-5,9H2,1H3. The maximum atomic E-state index is 8.66. The van der Waals surface area contributed by atoms with Gasteiger partial charge in [0, 0.05) is 12.2 Å². The Morgan fingerprint density at radius 2 is 2.07 bits per heavy atom. The number of nitriles is 1. The van der Waals surface area contributed by atoms with E-state index in [0.29, 0.717) is 0 Å². The predicted molar refractivity (Wildman–Crippen MR) is 61.5 cm³/mol. The van der Waals surface area contributed by atoms with E-state index in [-0.39, 0.29) is 0 Å². The molecular formula is C13H16N2. The minimum absolute atomic E-state index is 0.718. The van der Waals surface area contributed by atoms with Crippen molar-refractivity contribution < 1.29 is 0 Å². The quantitative estimate of drug-likeness (QED) is 0.811. The average molecular weight is 200 g/mol. The Kier molecular flexibility index (Phi) is 2.91. The number of nitrogens with zero attached hydrogens (tertiary/aromatic N) is 1. The van der Waals surface area contributed by atoms with E-state index in [0.717, 1.165) is 29.6 Å². The van der Waals surface area contributed by atoms with Crippen molar-refractivity contribution in [1.82, 2.24) is 0 Å². The lowest BCUT2D eigenvalue weighted by molar-refractivity contribution is 0.536. The zero-order valence-electron chi connectivity index (χ0n) is 9.03. The number of rotatable bonds is 4. The molecule has 2 rings (SSSR count). The van der Waals surface area contributed by atoms with Crippen LogP contribution in [0.5, 0.6) is 0 Å². The second kappa shape index (κ2) is 4.35. The molecule has 1 N–H and O–H groups in total. The van der Waals surface area contributed by atoms with Gasteiger partial charge >= 0.3 is 0 Å². The van der Waals surface area contributed by atoms with E-state index in [1.54, 1.807) is 0 Å². The lowest BCUT2D eigenvalue weighted by Gasteiger charge is -2.12. The molecule has 0 aromatic heterocycles. The van der Waals surface area contributed by atoms with E-state index in [2.05, 4.69) is 18.3 Å². The summed E-state index contributed by atoms with van der Waals surface area (Å²) < 4.78 is 0. The Hall–Kier alpha value is -1.49. The van der Waals surface area contributed by atoms with Crippen LogP contribution in [0, 0.1) is 23.2 Å². The summed E-state index contributed by atoms with van der Waals surface area (Å²) in [7, 11) is 0. The first-order valence-corrected chi connectivity index (χ1v) is 5.53. The van der Waals surface area contributed by atoms with Crippen LogP contribution < -0.4 is 5.32 Å². The van der Waals surface area contributed by atoms with Crippen molar-refractivity contribution in [2.75, 3.05) is 11.9 Å². The first kappa shape index (κ1) is 10.0. The van der Waals surface area contributed by atoms with Gasteiger partial charge in [-0.25, -0.2) is 0 Å². The Bertz CT molecular complexity index is 357. The normalized spacial score (nSPS) is 16.8. The summed E-state index contributed by atoms with van der Waals surface area (Å²) in [4.78, 5) is 0. The topological polar surface area (TPSA) is 35.8 Å². The van der Waals surface area contributed by atoms with E-state index >= 15 is 0 Å². The third-order valence-corrected chi connectivity index (χ3v) is 3.07. The molecule has 78 valence electrons. The fourth-order valence-electron chi connectivity index (χ4n) is 1.77. The fraction of sp³-hybridized carbons (Fsp3) is 0.462. The SMILES string of the molecule is CC(CNc1ccc(C#N)cc1)C1CC1. The molecule has 1 fully saturated rings. The second-order valence-electron chi connectivity index (χ2n) is 4.38. The molecule has 1 aromatic carbocycles. The highest BCUT2D eigenvalue weighted by molar-refractivity contribution is 5.47. The molecule has 1 aromatic rings. The molecule has 15 heavy (non-hydrogen) atoms. The molecule has 1 unspecified atom stereocenters. The van der Waals surface area contributed by atoms with E-state index in [4.69, 9.17) is 5.26 Å². The molecule has 0 bridgehead atoms. The monoisotopic (exact) mass is 200 g/mol. The molecule has 1 saturated carbocycles. The number of benzene rings is 1. The number of nitrogens with one attached hydrogen (secondary N) is 1. The highest BCUT2D eigenvalue weighted by Crippen LogP contribution is 2.36. The minimum atomic E-state index is 0.718. The van der Waals surface area contributed by atoms with Crippen LogP contribution in [0.1, 0.15) is 25.3 Å². The zero-order valence-corrected chi connectivity index (χ0v) is 9.03. The molecule has 0 amide bonds. The summed E-state index contributed by atoms with van der Waals surface area (Å²) in [6, 6.07) is 9.76. The summed E-state index contributed by atoms with van der Waals surface area (Å²) in [5.41, 5.74) is 1.83. The zero-order chi connectivity index (χ0) is 10.7. The number of anilines is 1. The third kappa shape index (κ3) is 2.73. The Balaban J connectivity index is 1.85. The summed E-state index contributed by atoms with van der Waals surface area (Å²) >= 11 is 0. The Morgan fingerprint density at radius 3 is 2.60 bits per heavy atom. The van der Waals surface area contributed by atoms with Crippen LogP contribution in [0.15, 0.2) is 24.3 Å². The van der Waals surface area contributed by atoms with Crippen LogP contribution in [0.3, 0.4) is 0 Å². The van der Waals surface area contributed by atoms with Crippen molar-refractivity contribution in [3.63, 3.8) is 0 Å². The van der Waals surface area contributed by atoms with Crippen molar-refractivity contribution >= 4 is 5.69 Å². The van der Waals surface area contributed by atoms with Gasteiger partial charge in [0.15, 0.2) is 0 Å². The summed E-state index contributed by atoms with van der Waals surface area (Å²) in [5, 5.41) is 12.1. The van der Waals surface area contributed by atoms with E-state index in [9.17, 15) is 0 Å². The van der Waals surface area contributed by atoms with Crippen molar-refractivity contribution in [2.24, 2.45) is 11.8 Å². The van der Waals surface area contributed by atoms with E-state index in [1.807, 2.05) is 24.3 Å². The number of hydrogen-bond donors (Lipinski definition) is 1. The Morgan fingerprint density at radius 1 is 1.40 bits per heavy atom. The number of hydrogen-bond acceptors (Lipinski definition) is 2. The average Bonchev–Trinajstić information content (AvgIpc) is 3.10. The van der Waals surface area contributed by atoms with Gasteiger partial charge in [-0.1, -0.05) is 6.92 Å². The van der Waals surface area contributed by atoms with Gasteiger partial charge < -0.3 is 5.32 Å². The first-order chi connectivity index (χ1) is 7.29. The molecule has 2 heteroatoms. The molecule has 0 spiro atoms. The van der Waals surface area contributed by atoms with Crippen LogP contribution in [0.4, 0.5) is 5.69 Å².